The Balaban J connectivity index is 2.56. The molecule has 0 atom stereocenters. The summed E-state index contributed by atoms with van der Waals surface area (Å²) in [7, 11) is 0. The third-order valence-corrected chi connectivity index (χ3v) is 3.43. The lowest BCUT2D eigenvalue weighted by atomic mass is 10.2. The first-order valence-electron chi connectivity index (χ1n) is 4.20. The molecule has 1 aromatic carbocycles. The highest BCUT2D eigenvalue weighted by Gasteiger charge is 2.08. The number of aryl methyl sites for hydroxylation is 1. The second-order valence-corrected chi connectivity index (χ2v) is 4.91. The van der Waals surface area contributed by atoms with Crippen LogP contribution in [0.1, 0.15) is 5.56 Å². The van der Waals surface area contributed by atoms with E-state index in [2.05, 4.69) is 10.3 Å². The van der Waals surface area contributed by atoms with Crippen LogP contribution in [-0.4, -0.2) is 10.1 Å². The molecule has 2 rings (SSSR count). The Labute approximate surface area is 101 Å². The number of nitrogens with two attached hydrogens (primary N) is 1. The van der Waals surface area contributed by atoms with E-state index in [4.69, 9.17) is 29.6 Å². The fourth-order valence-electron chi connectivity index (χ4n) is 1.26. The average Bonchev–Trinajstić information content (AvgIpc) is 2.54. The number of hydrogen-bond donors (Lipinski definition) is 2. The molecule has 78 valence electrons. The minimum absolute atomic E-state index is 0.220. The van der Waals surface area contributed by atoms with E-state index in [-0.39, 0.29) is 5.11 Å². The molecule has 0 aliphatic carbocycles. The van der Waals surface area contributed by atoms with Crippen LogP contribution in [0.15, 0.2) is 12.1 Å². The smallest absolute Gasteiger partial charge is 0.190 e. The Morgan fingerprint density at radius 3 is 3.00 bits per heavy atom. The molecule has 0 fully saturated rings. The molecule has 0 saturated carbocycles. The number of aromatic nitrogens is 1. The summed E-state index contributed by atoms with van der Waals surface area (Å²) < 4.78 is 1.07. The van der Waals surface area contributed by atoms with Gasteiger partial charge in [0.1, 0.15) is 0 Å². The summed E-state index contributed by atoms with van der Waals surface area (Å²) in [5.41, 5.74) is 7.24. The quantitative estimate of drug-likeness (QED) is 0.772. The zero-order valence-corrected chi connectivity index (χ0v) is 10.3. The first-order chi connectivity index (χ1) is 7.08. The van der Waals surface area contributed by atoms with Crippen LogP contribution in [0.4, 0.5) is 5.13 Å². The molecule has 0 saturated heterocycles. The molecule has 3 N–H and O–H groups in total. The standard InChI is InChI=1S/C9H8ClN3S2/c1-4-5(10)2-3-6-7(4)12-9(15-6)13-8(11)14/h2-3H,1H3,(H3,11,12,13,14). The molecule has 0 aliphatic heterocycles. The van der Waals surface area contributed by atoms with Crippen molar-refractivity contribution in [2.75, 3.05) is 5.32 Å². The molecule has 1 aromatic heterocycles. The van der Waals surface area contributed by atoms with Gasteiger partial charge in [0.25, 0.3) is 0 Å². The van der Waals surface area contributed by atoms with Gasteiger partial charge in [0, 0.05) is 5.02 Å². The van der Waals surface area contributed by atoms with E-state index in [1.165, 1.54) is 11.3 Å². The molecule has 0 spiro atoms. The minimum atomic E-state index is 0.220. The lowest BCUT2D eigenvalue weighted by molar-refractivity contribution is 1.41. The number of fused-ring (bicyclic) bond motifs is 1. The van der Waals surface area contributed by atoms with Gasteiger partial charge in [0.15, 0.2) is 10.2 Å². The van der Waals surface area contributed by atoms with E-state index in [1.54, 1.807) is 0 Å². The van der Waals surface area contributed by atoms with Crippen LogP contribution in [0.25, 0.3) is 10.2 Å². The van der Waals surface area contributed by atoms with Gasteiger partial charge in [-0.3, -0.25) is 0 Å². The second-order valence-electron chi connectivity index (χ2n) is 3.03. The Hall–Kier alpha value is -0.910. The van der Waals surface area contributed by atoms with Crippen molar-refractivity contribution < 1.29 is 0 Å². The SMILES string of the molecule is Cc1c(Cl)ccc2sc(NC(N)=S)nc12. The molecular formula is C9H8ClN3S2. The highest BCUT2D eigenvalue weighted by molar-refractivity contribution is 7.80. The summed E-state index contributed by atoms with van der Waals surface area (Å²) in [4.78, 5) is 4.37. The molecule has 6 heteroatoms. The van der Waals surface area contributed by atoms with Gasteiger partial charge >= 0.3 is 0 Å². The maximum Gasteiger partial charge on any atom is 0.190 e. The summed E-state index contributed by atoms with van der Waals surface area (Å²) in [6.45, 7) is 1.94. The molecule has 15 heavy (non-hydrogen) atoms. The maximum atomic E-state index is 6.00. The molecule has 2 aromatic rings. The fraction of sp³-hybridized carbons (Fsp3) is 0.111. The van der Waals surface area contributed by atoms with Gasteiger partial charge in [-0.05, 0) is 36.8 Å². The van der Waals surface area contributed by atoms with Gasteiger partial charge in [-0.15, -0.1) is 0 Å². The summed E-state index contributed by atoms with van der Waals surface area (Å²) in [6, 6.07) is 3.80. The van der Waals surface area contributed by atoms with E-state index in [0.29, 0.717) is 5.13 Å². The van der Waals surface area contributed by atoms with Gasteiger partial charge in [-0.1, -0.05) is 22.9 Å². The summed E-state index contributed by atoms with van der Waals surface area (Å²) in [6.07, 6.45) is 0. The fourth-order valence-corrected chi connectivity index (χ4v) is 2.51. The highest BCUT2D eigenvalue weighted by atomic mass is 35.5. The zero-order chi connectivity index (χ0) is 11.0. The number of benzene rings is 1. The number of halogens is 1. The Bertz CT molecular complexity index is 535. The predicted molar refractivity (Wildman–Crippen MR) is 69.8 cm³/mol. The maximum absolute atomic E-state index is 6.00. The van der Waals surface area contributed by atoms with E-state index in [9.17, 15) is 0 Å². The van der Waals surface area contributed by atoms with Crippen molar-refractivity contribution in [3.05, 3.63) is 22.7 Å². The molecule has 1 heterocycles. The molecule has 0 aliphatic rings. The van der Waals surface area contributed by atoms with Crippen molar-refractivity contribution in [2.24, 2.45) is 5.73 Å². The van der Waals surface area contributed by atoms with Gasteiger partial charge in [0.2, 0.25) is 0 Å². The second kappa shape index (κ2) is 3.92. The van der Waals surface area contributed by atoms with E-state index < -0.39 is 0 Å². The number of anilines is 1. The first-order valence-corrected chi connectivity index (χ1v) is 5.80. The van der Waals surface area contributed by atoms with Crippen molar-refractivity contribution in [2.45, 2.75) is 6.92 Å². The number of thiocarbonyl (C=S) groups is 1. The van der Waals surface area contributed by atoms with Gasteiger partial charge < -0.3 is 11.1 Å². The van der Waals surface area contributed by atoms with Crippen molar-refractivity contribution in [1.82, 2.24) is 4.98 Å². The van der Waals surface area contributed by atoms with Crippen LogP contribution in [0, 0.1) is 6.92 Å². The topological polar surface area (TPSA) is 50.9 Å². The average molecular weight is 258 g/mol. The lowest BCUT2D eigenvalue weighted by Gasteiger charge is -1.96. The Kier molecular flexibility index (Phi) is 2.77. The van der Waals surface area contributed by atoms with Crippen LogP contribution in [0.3, 0.4) is 0 Å². The van der Waals surface area contributed by atoms with Crippen LogP contribution >= 0.6 is 35.2 Å². The van der Waals surface area contributed by atoms with Crippen molar-refractivity contribution in [1.29, 1.82) is 0 Å². The molecular weight excluding hydrogens is 250 g/mol. The van der Waals surface area contributed by atoms with E-state index in [0.717, 1.165) is 20.8 Å². The highest BCUT2D eigenvalue weighted by Crippen LogP contribution is 2.31. The van der Waals surface area contributed by atoms with E-state index in [1.807, 2.05) is 19.1 Å². The largest absolute Gasteiger partial charge is 0.376 e. The zero-order valence-electron chi connectivity index (χ0n) is 7.87. The van der Waals surface area contributed by atoms with Gasteiger partial charge in [-0.25, -0.2) is 4.98 Å². The minimum Gasteiger partial charge on any atom is -0.376 e. The third-order valence-electron chi connectivity index (χ3n) is 1.98. The van der Waals surface area contributed by atoms with Crippen LogP contribution in [0.2, 0.25) is 5.02 Å². The monoisotopic (exact) mass is 257 g/mol. The first kappa shape index (κ1) is 10.6. The predicted octanol–water partition coefficient (Wildman–Crippen LogP) is 2.91. The molecule has 3 nitrogen and oxygen atoms in total. The summed E-state index contributed by atoms with van der Waals surface area (Å²) in [5.74, 6) is 0. The van der Waals surface area contributed by atoms with Crippen LogP contribution in [0.5, 0.6) is 0 Å². The molecule has 0 unspecified atom stereocenters. The lowest BCUT2D eigenvalue weighted by Crippen LogP contribution is -2.18. The number of thiazole rings is 1. The van der Waals surface area contributed by atoms with Crippen LogP contribution < -0.4 is 11.1 Å². The molecule has 0 amide bonds. The van der Waals surface area contributed by atoms with Crippen molar-refractivity contribution in [3.63, 3.8) is 0 Å². The Morgan fingerprint density at radius 1 is 1.60 bits per heavy atom. The molecule has 0 bridgehead atoms. The van der Waals surface area contributed by atoms with Crippen LogP contribution in [-0.2, 0) is 0 Å². The summed E-state index contributed by atoms with van der Waals surface area (Å²) in [5, 5.41) is 4.45. The molecule has 0 radical (unpaired) electrons. The van der Waals surface area contributed by atoms with Gasteiger partial charge in [0.05, 0.1) is 10.2 Å². The number of hydrogen-bond acceptors (Lipinski definition) is 3. The van der Waals surface area contributed by atoms with Crippen molar-refractivity contribution >= 4 is 55.6 Å². The van der Waals surface area contributed by atoms with Crippen molar-refractivity contribution in [3.8, 4) is 0 Å². The number of nitrogens with zero attached hydrogens (tertiary/aromatic N) is 1. The Morgan fingerprint density at radius 2 is 2.33 bits per heavy atom. The van der Waals surface area contributed by atoms with E-state index >= 15 is 0 Å². The van der Waals surface area contributed by atoms with Gasteiger partial charge in [-0.2, -0.15) is 0 Å². The summed E-state index contributed by atoms with van der Waals surface area (Å²) >= 11 is 12.2. The normalized spacial score (nSPS) is 10.5. The third kappa shape index (κ3) is 2.04. The number of rotatable bonds is 1. The number of nitrogens with one attached hydrogen (secondary N) is 1.